The van der Waals surface area contributed by atoms with Gasteiger partial charge in [-0.2, -0.15) is 28.0 Å². The Morgan fingerprint density at radius 3 is 2.14 bits per heavy atom. The van der Waals surface area contributed by atoms with Gasteiger partial charge in [-0.15, -0.1) is 0 Å². The second kappa shape index (κ2) is 12.6. The number of piperazine rings is 1. The van der Waals surface area contributed by atoms with Gasteiger partial charge in [-0.05, 0) is 87.9 Å². The first kappa shape index (κ1) is 32.4. The molecule has 0 saturated carbocycles. The molecule has 0 radical (unpaired) electrons. The Bertz CT molecular complexity index is 1570. The Balaban J connectivity index is 1.28. The van der Waals surface area contributed by atoms with Crippen LogP contribution >= 0.6 is 12.2 Å². The lowest BCUT2D eigenvalue weighted by atomic mass is 10.0. The van der Waals surface area contributed by atoms with Gasteiger partial charge in [0.2, 0.25) is 10.0 Å². The molecule has 0 aromatic heterocycles. The average molecular weight is 633 g/mol. The van der Waals surface area contributed by atoms with Crippen molar-refractivity contribution in [1.29, 1.82) is 10.5 Å². The van der Waals surface area contributed by atoms with Gasteiger partial charge in [-0.25, -0.2) is 8.42 Å². The van der Waals surface area contributed by atoms with E-state index in [1.807, 2.05) is 6.07 Å². The molecule has 4 rings (SSSR count). The Morgan fingerprint density at radius 2 is 1.56 bits per heavy atom. The maximum Gasteiger partial charge on any atom is 0.417 e. The molecule has 2 aliphatic rings. The Kier molecular flexibility index (Phi) is 9.47. The van der Waals surface area contributed by atoms with Gasteiger partial charge >= 0.3 is 6.18 Å². The third kappa shape index (κ3) is 6.68. The number of nitriles is 2. The fourth-order valence-electron chi connectivity index (χ4n) is 5.27. The molecule has 43 heavy (non-hydrogen) atoms. The molecule has 14 heteroatoms. The van der Waals surface area contributed by atoms with Crippen LogP contribution in [0.25, 0.3) is 0 Å². The predicted octanol–water partition coefficient (Wildman–Crippen LogP) is 4.34. The van der Waals surface area contributed by atoms with Gasteiger partial charge in [0, 0.05) is 32.7 Å². The van der Waals surface area contributed by atoms with Gasteiger partial charge in [-0.3, -0.25) is 9.69 Å². The summed E-state index contributed by atoms with van der Waals surface area (Å²) in [4.78, 5) is 18.5. The molecular weight excluding hydrogens is 601 g/mol. The molecule has 0 atom stereocenters. The molecule has 2 aromatic rings. The van der Waals surface area contributed by atoms with E-state index in [-0.39, 0.29) is 15.7 Å². The van der Waals surface area contributed by atoms with Crippen molar-refractivity contribution >= 4 is 38.9 Å². The Hall–Kier alpha value is -3.56. The van der Waals surface area contributed by atoms with Crippen LogP contribution < -0.4 is 4.90 Å². The van der Waals surface area contributed by atoms with Gasteiger partial charge in [0.15, 0.2) is 5.11 Å². The number of nitrogens with zero attached hydrogens (tertiary/aromatic N) is 6. The Morgan fingerprint density at radius 1 is 0.930 bits per heavy atom. The lowest BCUT2D eigenvalue weighted by Crippen LogP contribution is -2.48. The second-order valence-electron chi connectivity index (χ2n) is 10.9. The molecular formula is C29H31F3N6O3S2. The fraction of sp³-hybridized carbons (Fsp3) is 0.448. The first-order valence-corrected chi connectivity index (χ1v) is 15.6. The van der Waals surface area contributed by atoms with Crippen molar-refractivity contribution in [2.24, 2.45) is 0 Å². The van der Waals surface area contributed by atoms with Crippen molar-refractivity contribution in [2.45, 2.75) is 49.7 Å². The molecule has 0 bridgehead atoms. The molecule has 2 aromatic carbocycles. The molecule has 1 amide bonds. The first-order chi connectivity index (χ1) is 20.2. The standard InChI is InChI=1S/C29H31F3N6O3S2/c1-28(2)26(39)38(23-9-8-22(20-34)25(18-23)29(30,31)32)27(42)37(28)13-5-3-4-12-35-14-16-36(17-15-35)43(40,41)24-10-6-21(19-33)7-11-24/h6-11,18H,3-5,12-17H2,1-2H3. The lowest BCUT2D eigenvalue weighted by Gasteiger charge is -2.34. The fourth-order valence-corrected chi connectivity index (χ4v) is 7.20. The molecule has 2 aliphatic heterocycles. The van der Waals surface area contributed by atoms with Crippen LogP contribution in [0, 0.1) is 22.7 Å². The monoisotopic (exact) mass is 632 g/mol. The number of sulfonamides is 1. The average Bonchev–Trinajstić information content (AvgIpc) is 3.15. The highest BCUT2D eigenvalue weighted by Gasteiger charge is 2.49. The maximum atomic E-state index is 13.5. The van der Waals surface area contributed by atoms with E-state index in [9.17, 15) is 26.4 Å². The summed E-state index contributed by atoms with van der Waals surface area (Å²) in [6.45, 7) is 6.48. The van der Waals surface area contributed by atoms with Crippen LogP contribution in [0.5, 0.6) is 0 Å². The van der Waals surface area contributed by atoms with Gasteiger partial charge in [0.05, 0.1) is 39.4 Å². The van der Waals surface area contributed by atoms with Crippen molar-refractivity contribution in [3.05, 3.63) is 59.2 Å². The summed E-state index contributed by atoms with van der Waals surface area (Å²) in [6.07, 6.45) is -2.42. The summed E-state index contributed by atoms with van der Waals surface area (Å²) in [5.41, 5.74) is -2.34. The summed E-state index contributed by atoms with van der Waals surface area (Å²) in [5.74, 6) is -0.441. The van der Waals surface area contributed by atoms with Crippen molar-refractivity contribution in [2.75, 3.05) is 44.2 Å². The van der Waals surface area contributed by atoms with Gasteiger partial charge in [-0.1, -0.05) is 6.42 Å². The van der Waals surface area contributed by atoms with E-state index in [0.717, 1.165) is 36.4 Å². The first-order valence-electron chi connectivity index (χ1n) is 13.7. The number of carbonyl (C=O) groups excluding carboxylic acids is 1. The van der Waals surface area contributed by atoms with Crippen molar-refractivity contribution in [3.8, 4) is 12.1 Å². The number of hydrogen-bond donors (Lipinski definition) is 0. The minimum atomic E-state index is -4.76. The SMILES string of the molecule is CC1(C)C(=O)N(c2ccc(C#N)c(C(F)(F)F)c2)C(=S)N1CCCCCN1CCN(S(=O)(=O)c2ccc(C#N)cc2)CC1. The van der Waals surface area contributed by atoms with Gasteiger partial charge in [0.25, 0.3) is 5.91 Å². The van der Waals surface area contributed by atoms with E-state index in [1.165, 1.54) is 34.6 Å². The normalized spacial score (nSPS) is 18.1. The van der Waals surface area contributed by atoms with Crippen LogP contribution in [-0.2, 0) is 21.0 Å². The smallest absolute Gasteiger partial charge is 0.334 e. The van der Waals surface area contributed by atoms with Crippen LogP contribution in [0.4, 0.5) is 18.9 Å². The van der Waals surface area contributed by atoms with Crippen molar-refractivity contribution in [1.82, 2.24) is 14.1 Å². The number of carbonyl (C=O) groups is 1. The van der Waals surface area contributed by atoms with E-state index in [0.29, 0.717) is 44.7 Å². The van der Waals surface area contributed by atoms with Crippen LogP contribution in [0.1, 0.15) is 49.8 Å². The lowest BCUT2D eigenvalue weighted by molar-refractivity contribution is -0.137. The highest BCUT2D eigenvalue weighted by Crippen LogP contribution is 2.38. The topological polar surface area (TPSA) is 112 Å². The van der Waals surface area contributed by atoms with Crippen LogP contribution in [0.15, 0.2) is 47.4 Å². The molecule has 9 nitrogen and oxygen atoms in total. The van der Waals surface area contributed by atoms with Crippen LogP contribution in [0.2, 0.25) is 0 Å². The maximum absolute atomic E-state index is 13.5. The zero-order valence-corrected chi connectivity index (χ0v) is 25.4. The van der Waals surface area contributed by atoms with Crippen molar-refractivity contribution < 1.29 is 26.4 Å². The van der Waals surface area contributed by atoms with Gasteiger partial charge in [0.1, 0.15) is 5.54 Å². The third-order valence-corrected chi connectivity index (χ3v) is 10.1. The van der Waals surface area contributed by atoms with E-state index in [4.69, 9.17) is 22.7 Å². The number of benzene rings is 2. The zero-order chi connectivity index (χ0) is 31.6. The summed E-state index contributed by atoms with van der Waals surface area (Å²) in [7, 11) is -3.63. The molecule has 0 aliphatic carbocycles. The molecule has 0 N–H and O–H groups in total. The number of anilines is 1. The number of alkyl halides is 3. The number of amides is 1. The molecule has 228 valence electrons. The number of hydrogen-bond acceptors (Lipinski definition) is 7. The Labute approximate surface area is 254 Å². The van der Waals surface area contributed by atoms with E-state index in [1.54, 1.807) is 24.8 Å². The summed E-state index contributed by atoms with van der Waals surface area (Å²) in [5, 5.41) is 18.1. The highest BCUT2D eigenvalue weighted by molar-refractivity contribution is 7.89. The molecule has 2 heterocycles. The molecule has 0 spiro atoms. The summed E-state index contributed by atoms with van der Waals surface area (Å²) in [6, 6.07) is 12.5. The van der Waals surface area contributed by atoms with E-state index in [2.05, 4.69) is 4.90 Å². The van der Waals surface area contributed by atoms with Gasteiger partial charge < -0.3 is 9.80 Å². The number of unbranched alkanes of at least 4 members (excludes halogenated alkanes) is 2. The second-order valence-corrected chi connectivity index (χ2v) is 13.2. The molecule has 2 saturated heterocycles. The van der Waals surface area contributed by atoms with E-state index >= 15 is 0 Å². The van der Waals surface area contributed by atoms with Crippen LogP contribution in [0.3, 0.4) is 0 Å². The largest absolute Gasteiger partial charge is 0.417 e. The number of thiocarbonyl (C=S) groups is 1. The quantitative estimate of drug-likeness (QED) is 0.297. The number of halogens is 3. The molecule has 2 fully saturated rings. The van der Waals surface area contributed by atoms with Crippen molar-refractivity contribution in [3.63, 3.8) is 0 Å². The highest BCUT2D eigenvalue weighted by atomic mass is 32.2. The summed E-state index contributed by atoms with van der Waals surface area (Å²) < 4.78 is 67.9. The van der Waals surface area contributed by atoms with Crippen LogP contribution in [-0.4, -0.2) is 78.3 Å². The third-order valence-electron chi connectivity index (χ3n) is 7.82. The predicted molar refractivity (Wildman–Crippen MR) is 157 cm³/mol. The zero-order valence-electron chi connectivity index (χ0n) is 23.8. The van der Waals surface area contributed by atoms with E-state index < -0.39 is 38.8 Å². The molecule has 0 unspecified atom stereocenters. The number of rotatable bonds is 9. The summed E-state index contributed by atoms with van der Waals surface area (Å²) >= 11 is 5.55. The minimum Gasteiger partial charge on any atom is -0.334 e. The minimum absolute atomic E-state index is 0.0303.